The molecule has 7 heteroatoms. The van der Waals surface area contributed by atoms with Crippen LogP contribution in [0.15, 0.2) is 23.6 Å². The lowest BCUT2D eigenvalue weighted by Crippen LogP contribution is -1.91. The Morgan fingerprint density at radius 1 is 1.14 bits per heavy atom. The highest BCUT2D eigenvalue weighted by Gasteiger charge is 2.14. The molecule has 0 radical (unpaired) electrons. The predicted molar refractivity (Wildman–Crippen MR) is 82.6 cm³/mol. The normalized spacial score (nSPS) is 10.8. The Morgan fingerprint density at radius 3 is 2.62 bits per heavy atom. The molecule has 3 rings (SSSR count). The molecule has 0 aliphatic heterocycles. The fourth-order valence-electron chi connectivity index (χ4n) is 1.98. The number of halogens is 1. The molecule has 1 N–H and O–H groups in total. The molecule has 0 unspecified atom stereocenters. The van der Waals surface area contributed by atoms with E-state index in [1.165, 1.54) is 18.4 Å². The SMILES string of the molecule is COc1nc(-c2cc(O)c3ccc(OC)c(Cl)c3n2)cs1. The average molecular weight is 323 g/mol. The number of nitrogens with zero attached hydrogens (tertiary/aromatic N) is 2. The van der Waals surface area contributed by atoms with Gasteiger partial charge < -0.3 is 14.6 Å². The molecule has 0 fully saturated rings. The summed E-state index contributed by atoms with van der Waals surface area (Å²) in [5.74, 6) is 0.593. The zero-order valence-corrected chi connectivity index (χ0v) is 12.8. The monoisotopic (exact) mass is 322 g/mol. The molecule has 0 aliphatic rings. The van der Waals surface area contributed by atoms with Crippen LogP contribution < -0.4 is 9.47 Å². The lowest BCUT2D eigenvalue weighted by molar-refractivity contribution is 0.412. The fraction of sp³-hybridized carbons (Fsp3) is 0.143. The number of aromatic nitrogens is 2. The number of hydrogen-bond acceptors (Lipinski definition) is 6. The van der Waals surface area contributed by atoms with Crippen molar-refractivity contribution in [3.8, 4) is 28.1 Å². The summed E-state index contributed by atoms with van der Waals surface area (Å²) in [5.41, 5.74) is 1.61. The maximum absolute atomic E-state index is 10.2. The highest BCUT2D eigenvalue weighted by atomic mass is 35.5. The zero-order valence-electron chi connectivity index (χ0n) is 11.3. The Balaban J connectivity index is 2.23. The lowest BCUT2D eigenvalue weighted by Gasteiger charge is -2.08. The van der Waals surface area contributed by atoms with Gasteiger partial charge in [0, 0.05) is 16.8 Å². The zero-order chi connectivity index (χ0) is 15.0. The highest BCUT2D eigenvalue weighted by molar-refractivity contribution is 7.11. The molecule has 0 spiro atoms. The molecule has 0 amide bonds. The van der Waals surface area contributed by atoms with Gasteiger partial charge in [-0.05, 0) is 12.1 Å². The Kier molecular flexibility index (Phi) is 3.57. The molecule has 0 bridgehead atoms. The smallest absolute Gasteiger partial charge is 0.273 e. The van der Waals surface area contributed by atoms with Crippen LogP contribution in [0.25, 0.3) is 22.3 Å². The quantitative estimate of drug-likeness (QED) is 0.796. The van der Waals surface area contributed by atoms with Gasteiger partial charge >= 0.3 is 0 Å². The van der Waals surface area contributed by atoms with Crippen LogP contribution in [-0.2, 0) is 0 Å². The van der Waals surface area contributed by atoms with Gasteiger partial charge in [-0.15, -0.1) is 0 Å². The first kappa shape index (κ1) is 13.9. The largest absolute Gasteiger partial charge is 0.507 e. The van der Waals surface area contributed by atoms with Crippen LogP contribution >= 0.6 is 22.9 Å². The molecule has 2 aromatic heterocycles. The van der Waals surface area contributed by atoms with E-state index in [9.17, 15) is 5.11 Å². The van der Waals surface area contributed by atoms with E-state index < -0.39 is 0 Å². The van der Waals surface area contributed by atoms with Crippen LogP contribution in [-0.4, -0.2) is 29.3 Å². The minimum Gasteiger partial charge on any atom is -0.507 e. The number of fused-ring (bicyclic) bond motifs is 1. The summed E-state index contributed by atoms with van der Waals surface area (Å²) in [7, 11) is 3.08. The van der Waals surface area contributed by atoms with E-state index in [-0.39, 0.29) is 5.75 Å². The third-order valence-corrected chi connectivity index (χ3v) is 4.17. The summed E-state index contributed by atoms with van der Waals surface area (Å²) >= 11 is 7.62. The number of pyridine rings is 1. The minimum absolute atomic E-state index is 0.0894. The number of ether oxygens (including phenoxy) is 2. The molecule has 21 heavy (non-hydrogen) atoms. The molecule has 0 atom stereocenters. The number of hydrogen-bond donors (Lipinski definition) is 1. The minimum atomic E-state index is 0.0894. The van der Waals surface area contributed by atoms with E-state index in [2.05, 4.69) is 9.97 Å². The van der Waals surface area contributed by atoms with Crippen molar-refractivity contribution in [3.63, 3.8) is 0 Å². The van der Waals surface area contributed by atoms with Gasteiger partial charge in [0.1, 0.15) is 22.2 Å². The maximum atomic E-state index is 10.2. The standard InChI is InChI=1S/C14H11ClN2O3S/c1-19-11-4-3-7-10(18)5-8(16-13(7)12(11)15)9-6-21-14(17-9)20-2/h3-6H,1-2H3,(H,16,18). The van der Waals surface area contributed by atoms with Gasteiger partial charge in [-0.2, -0.15) is 0 Å². The van der Waals surface area contributed by atoms with Crippen molar-refractivity contribution in [3.05, 3.63) is 28.6 Å². The topological polar surface area (TPSA) is 64.5 Å². The summed E-state index contributed by atoms with van der Waals surface area (Å²) in [5, 5.41) is 13.4. The summed E-state index contributed by atoms with van der Waals surface area (Å²) < 4.78 is 10.2. The molecule has 108 valence electrons. The van der Waals surface area contributed by atoms with E-state index >= 15 is 0 Å². The summed E-state index contributed by atoms with van der Waals surface area (Å²) in [6, 6.07) is 4.96. The summed E-state index contributed by atoms with van der Waals surface area (Å²) in [6.07, 6.45) is 0. The maximum Gasteiger partial charge on any atom is 0.273 e. The van der Waals surface area contributed by atoms with Gasteiger partial charge in [0.2, 0.25) is 0 Å². The van der Waals surface area contributed by atoms with E-state index in [0.717, 1.165) is 0 Å². The number of aromatic hydroxyl groups is 1. The number of benzene rings is 1. The van der Waals surface area contributed by atoms with Crippen LogP contribution in [0.3, 0.4) is 0 Å². The third kappa shape index (κ3) is 2.36. The van der Waals surface area contributed by atoms with Crippen molar-refractivity contribution < 1.29 is 14.6 Å². The molecule has 0 saturated heterocycles. The van der Waals surface area contributed by atoms with Gasteiger partial charge in [0.15, 0.2) is 0 Å². The molecule has 0 aliphatic carbocycles. The van der Waals surface area contributed by atoms with Crippen LogP contribution in [0.2, 0.25) is 5.02 Å². The van der Waals surface area contributed by atoms with Gasteiger partial charge in [-0.3, -0.25) is 0 Å². The van der Waals surface area contributed by atoms with Crippen LogP contribution in [0.1, 0.15) is 0 Å². The van der Waals surface area contributed by atoms with E-state index in [1.54, 1.807) is 30.7 Å². The molecule has 0 saturated carbocycles. The van der Waals surface area contributed by atoms with Crippen molar-refractivity contribution in [2.75, 3.05) is 14.2 Å². The average Bonchev–Trinajstić information content (AvgIpc) is 2.97. The van der Waals surface area contributed by atoms with Crippen molar-refractivity contribution >= 4 is 33.8 Å². The third-order valence-electron chi connectivity index (χ3n) is 3.00. The molecular weight excluding hydrogens is 312 g/mol. The molecule has 5 nitrogen and oxygen atoms in total. The molecule has 3 aromatic rings. The number of rotatable bonds is 3. The molecule has 1 aromatic carbocycles. The molecular formula is C14H11ClN2O3S. The van der Waals surface area contributed by atoms with Crippen LogP contribution in [0.4, 0.5) is 0 Å². The van der Waals surface area contributed by atoms with E-state index in [1.807, 2.05) is 0 Å². The van der Waals surface area contributed by atoms with Gasteiger partial charge in [0.05, 0.1) is 25.4 Å². The van der Waals surface area contributed by atoms with Crippen molar-refractivity contribution in [2.45, 2.75) is 0 Å². The van der Waals surface area contributed by atoms with E-state index in [0.29, 0.717) is 38.3 Å². The summed E-state index contributed by atoms with van der Waals surface area (Å²) in [6.45, 7) is 0. The second kappa shape index (κ2) is 5.38. The second-order valence-corrected chi connectivity index (χ2v) is 5.41. The first-order valence-electron chi connectivity index (χ1n) is 6.00. The molecule has 2 heterocycles. The Morgan fingerprint density at radius 2 is 1.95 bits per heavy atom. The fourth-order valence-corrected chi connectivity index (χ4v) is 2.90. The van der Waals surface area contributed by atoms with E-state index in [4.69, 9.17) is 21.1 Å². The van der Waals surface area contributed by atoms with Crippen LogP contribution in [0.5, 0.6) is 16.7 Å². The highest BCUT2D eigenvalue weighted by Crippen LogP contribution is 2.37. The Hall–Kier alpha value is -2.05. The number of thiazole rings is 1. The van der Waals surface area contributed by atoms with Gasteiger partial charge in [-0.25, -0.2) is 9.97 Å². The second-order valence-electron chi connectivity index (χ2n) is 4.21. The predicted octanol–water partition coefficient (Wildman–Crippen LogP) is 3.73. The summed E-state index contributed by atoms with van der Waals surface area (Å²) in [4.78, 5) is 8.75. The first-order chi connectivity index (χ1) is 10.1. The van der Waals surface area contributed by atoms with Gasteiger partial charge in [0.25, 0.3) is 5.19 Å². The van der Waals surface area contributed by atoms with Gasteiger partial charge in [-0.1, -0.05) is 22.9 Å². The Bertz CT molecular complexity index is 819. The lowest BCUT2D eigenvalue weighted by atomic mass is 10.1. The van der Waals surface area contributed by atoms with Crippen molar-refractivity contribution in [2.24, 2.45) is 0 Å². The number of methoxy groups -OCH3 is 2. The van der Waals surface area contributed by atoms with Crippen molar-refractivity contribution in [1.29, 1.82) is 0 Å². The van der Waals surface area contributed by atoms with Crippen molar-refractivity contribution in [1.82, 2.24) is 9.97 Å². The van der Waals surface area contributed by atoms with Crippen LogP contribution in [0, 0.1) is 0 Å². The first-order valence-corrected chi connectivity index (χ1v) is 7.26. The Labute approximate surface area is 129 Å².